The van der Waals surface area contributed by atoms with E-state index in [4.69, 9.17) is 0 Å². The highest BCUT2D eigenvalue weighted by molar-refractivity contribution is 4.86. The van der Waals surface area contributed by atoms with Crippen LogP contribution in [-0.2, 0) is 0 Å². The largest absolute Gasteiger partial charge is 0.315 e. The molecule has 0 spiro atoms. The van der Waals surface area contributed by atoms with E-state index >= 15 is 0 Å². The van der Waals surface area contributed by atoms with Gasteiger partial charge in [-0.2, -0.15) is 0 Å². The summed E-state index contributed by atoms with van der Waals surface area (Å²) < 4.78 is 0. The molecule has 0 aromatic carbocycles. The van der Waals surface area contributed by atoms with E-state index in [9.17, 15) is 0 Å². The molecule has 1 aliphatic rings. The second kappa shape index (κ2) is 7.49. The van der Waals surface area contributed by atoms with Crippen molar-refractivity contribution in [1.82, 2.24) is 10.2 Å². The molecule has 2 heteroatoms. The van der Waals surface area contributed by atoms with Crippen molar-refractivity contribution in [2.24, 2.45) is 5.41 Å². The van der Waals surface area contributed by atoms with Gasteiger partial charge in [-0.25, -0.2) is 0 Å². The number of nitrogens with one attached hydrogen (secondary N) is 1. The molecular formula is C16H34N2. The average Bonchev–Trinajstić information content (AvgIpc) is 2.33. The van der Waals surface area contributed by atoms with Crippen molar-refractivity contribution >= 4 is 0 Å². The highest BCUT2D eigenvalue weighted by atomic mass is 15.2. The maximum absolute atomic E-state index is 3.53. The highest BCUT2D eigenvalue weighted by Gasteiger charge is 2.30. The minimum Gasteiger partial charge on any atom is -0.315 e. The maximum atomic E-state index is 3.53. The van der Waals surface area contributed by atoms with Gasteiger partial charge in [0.15, 0.2) is 0 Å². The summed E-state index contributed by atoms with van der Waals surface area (Å²) in [5.74, 6) is 0. The Morgan fingerprint density at radius 2 is 1.83 bits per heavy atom. The standard InChI is InChI=1S/C16H34N2/c1-6-8-15(13-17-7-2)18(5)14-9-11-16(3,4)12-10-14/h14-15,17H,6-13H2,1-5H3. The van der Waals surface area contributed by atoms with E-state index in [1.807, 2.05) is 0 Å². The molecular weight excluding hydrogens is 220 g/mol. The molecule has 1 saturated carbocycles. The summed E-state index contributed by atoms with van der Waals surface area (Å²) in [6.45, 7) is 11.6. The Balaban J connectivity index is 2.46. The Bertz CT molecular complexity index is 215. The number of likely N-dealkylation sites (N-methyl/N-ethyl adjacent to an activating group) is 2. The molecule has 0 saturated heterocycles. The lowest BCUT2D eigenvalue weighted by molar-refractivity contribution is 0.0898. The molecule has 2 nitrogen and oxygen atoms in total. The zero-order chi connectivity index (χ0) is 13.6. The summed E-state index contributed by atoms with van der Waals surface area (Å²) in [6.07, 6.45) is 8.16. The fourth-order valence-electron chi connectivity index (χ4n) is 3.18. The van der Waals surface area contributed by atoms with Gasteiger partial charge in [0.1, 0.15) is 0 Å². The second-order valence-corrected chi connectivity index (χ2v) is 6.81. The summed E-state index contributed by atoms with van der Waals surface area (Å²) in [5.41, 5.74) is 0.583. The predicted molar refractivity (Wildman–Crippen MR) is 81.0 cm³/mol. The van der Waals surface area contributed by atoms with Crippen LogP contribution in [0, 0.1) is 5.41 Å². The van der Waals surface area contributed by atoms with Crippen LogP contribution in [0.25, 0.3) is 0 Å². The molecule has 0 amide bonds. The zero-order valence-electron chi connectivity index (χ0n) is 13.3. The number of hydrogen-bond acceptors (Lipinski definition) is 2. The molecule has 0 aromatic heterocycles. The molecule has 1 unspecified atom stereocenters. The lowest BCUT2D eigenvalue weighted by Crippen LogP contribution is -2.47. The van der Waals surface area contributed by atoms with Crippen LogP contribution >= 0.6 is 0 Å². The molecule has 108 valence electrons. The van der Waals surface area contributed by atoms with E-state index in [1.54, 1.807) is 0 Å². The molecule has 1 rings (SSSR count). The van der Waals surface area contributed by atoms with Gasteiger partial charge in [0.25, 0.3) is 0 Å². The minimum absolute atomic E-state index is 0.583. The van der Waals surface area contributed by atoms with E-state index in [-0.39, 0.29) is 0 Å². The third-order valence-electron chi connectivity index (χ3n) is 4.71. The number of rotatable bonds is 7. The number of hydrogen-bond donors (Lipinski definition) is 1. The summed E-state index contributed by atoms with van der Waals surface area (Å²) in [6, 6.07) is 1.54. The van der Waals surface area contributed by atoms with Gasteiger partial charge in [0.05, 0.1) is 0 Å². The van der Waals surface area contributed by atoms with Gasteiger partial charge in [0.2, 0.25) is 0 Å². The van der Waals surface area contributed by atoms with Crippen molar-refractivity contribution in [2.75, 3.05) is 20.1 Å². The topological polar surface area (TPSA) is 15.3 Å². The first kappa shape index (κ1) is 16.0. The first-order valence-corrected chi connectivity index (χ1v) is 7.93. The number of nitrogens with zero attached hydrogens (tertiary/aromatic N) is 1. The van der Waals surface area contributed by atoms with Crippen LogP contribution in [0.15, 0.2) is 0 Å². The quantitative estimate of drug-likeness (QED) is 0.746. The molecule has 0 heterocycles. The summed E-state index contributed by atoms with van der Waals surface area (Å²) in [4.78, 5) is 2.67. The van der Waals surface area contributed by atoms with Gasteiger partial charge in [-0.05, 0) is 51.1 Å². The second-order valence-electron chi connectivity index (χ2n) is 6.81. The van der Waals surface area contributed by atoms with Crippen LogP contribution in [0.1, 0.15) is 66.2 Å². The fraction of sp³-hybridized carbons (Fsp3) is 1.00. The van der Waals surface area contributed by atoms with Crippen LogP contribution in [0.2, 0.25) is 0 Å². The van der Waals surface area contributed by atoms with E-state index in [0.29, 0.717) is 5.41 Å². The highest BCUT2D eigenvalue weighted by Crippen LogP contribution is 2.37. The molecule has 1 aliphatic carbocycles. The average molecular weight is 254 g/mol. The molecule has 18 heavy (non-hydrogen) atoms. The fourth-order valence-corrected chi connectivity index (χ4v) is 3.18. The van der Waals surface area contributed by atoms with Crippen molar-refractivity contribution in [1.29, 1.82) is 0 Å². The molecule has 0 aromatic rings. The first-order valence-electron chi connectivity index (χ1n) is 7.93. The van der Waals surface area contributed by atoms with Crippen LogP contribution in [0.4, 0.5) is 0 Å². The zero-order valence-corrected chi connectivity index (χ0v) is 13.3. The van der Waals surface area contributed by atoms with Gasteiger partial charge in [-0.1, -0.05) is 34.1 Å². The molecule has 0 bridgehead atoms. The first-order chi connectivity index (χ1) is 8.50. The Labute approximate surface area is 115 Å². The molecule has 0 radical (unpaired) electrons. The monoisotopic (exact) mass is 254 g/mol. The summed E-state index contributed by atoms with van der Waals surface area (Å²) >= 11 is 0. The van der Waals surface area contributed by atoms with E-state index in [1.165, 1.54) is 38.5 Å². The molecule has 1 N–H and O–H groups in total. The van der Waals surface area contributed by atoms with Crippen molar-refractivity contribution in [3.63, 3.8) is 0 Å². The van der Waals surface area contributed by atoms with Gasteiger partial charge in [-0.15, -0.1) is 0 Å². The van der Waals surface area contributed by atoms with Gasteiger partial charge in [0, 0.05) is 18.6 Å². The third kappa shape index (κ3) is 4.89. The Morgan fingerprint density at radius 1 is 1.22 bits per heavy atom. The van der Waals surface area contributed by atoms with Gasteiger partial charge >= 0.3 is 0 Å². The van der Waals surface area contributed by atoms with Crippen LogP contribution < -0.4 is 5.32 Å². The van der Waals surface area contributed by atoms with E-state index in [2.05, 4.69) is 45.0 Å². The predicted octanol–water partition coefficient (Wildman–Crippen LogP) is 3.67. The Kier molecular flexibility index (Phi) is 6.65. The van der Waals surface area contributed by atoms with Gasteiger partial charge < -0.3 is 5.32 Å². The molecule has 1 atom stereocenters. The Hall–Kier alpha value is -0.0800. The van der Waals surface area contributed by atoms with E-state index < -0.39 is 0 Å². The van der Waals surface area contributed by atoms with Crippen LogP contribution in [0.3, 0.4) is 0 Å². The van der Waals surface area contributed by atoms with Crippen molar-refractivity contribution in [3.8, 4) is 0 Å². The molecule has 0 aliphatic heterocycles. The lowest BCUT2D eigenvalue weighted by atomic mass is 9.75. The van der Waals surface area contributed by atoms with E-state index in [0.717, 1.165) is 25.2 Å². The van der Waals surface area contributed by atoms with Crippen molar-refractivity contribution in [2.45, 2.75) is 78.3 Å². The Morgan fingerprint density at radius 3 is 2.33 bits per heavy atom. The SMILES string of the molecule is CCCC(CNCC)N(C)C1CCC(C)(C)CC1. The lowest BCUT2D eigenvalue weighted by Gasteiger charge is -2.42. The summed E-state index contributed by atoms with van der Waals surface area (Å²) in [7, 11) is 2.35. The smallest absolute Gasteiger partial charge is 0.0220 e. The van der Waals surface area contributed by atoms with Crippen LogP contribution in [-0.4, -0.2) is 37.1 Å². The third-order valence-corrected chi connectivity index (χ3v) is 4.71. The normalized spacial score (nSPS) is 22.3. The maximum Gasteiger partial charge on any atom is 0.0220 e. The van der Waals surface area contributed by atoms with Gasteiger partial charge in [-0.3, -0.25) is 4.90 Å². The summed E-state index contributed by atoms with van der Waals surface area (Å²) in [5, 5.41) is 3.53. The van der Waals surface area contributed by atoms with Crippen molar-refractivity contribution < 1.29 is 0 Å². The minimum atomic E-state index is 0.583. The van der Waals surface area contributed by atoms with Crippen LogP contribution in [0.5, 0.6) is 0 Å². The van der Waals surface area contributed by atoms with Crippen molar-refractivity contribution in [3.05, 3.63) is 0 Å². The molecule has 1 fully saturated rings.